The molecule has 0 spiro atoms. The first-order valence-corrected chi connectivity index (χ1v) is 7.67. The monoisotopic (exact) mass is 277 g/mol. The zero-order chi connectivity index (χ0) is 14.5. The second-order valence-electron chi connectivity index (χ2n) is 5.59. The summed E-state index contributed by atoms with van der Waals surface area (Å²) in [4.78, 5) is 13.9. The molecular weight excluding hydrogens is 250 g/mol. The number of hydrogen-bond donors (Lipinski definition) is 1. The van der Waals surface area contributed by atoms with Gasteiger partial charge in [-0.1, -0.05) is 6.92 Å². The second-order valence-corrected chi connectivity index (χ2v) is 5.59. The summed E-state index contributed by atoms with van der Waals surface area (Å²) >= 11 is 0. The number of anilines is 2. The highest BCUT2D eigenvalue weighted by Crippen LogP contribution is 2.22. The van der Waals surface area contributed by atoms with Gasteiger partial charge in [-0.25, -0.2) is 9.97 Å². The lowest BCUT2D eigenvalue weighted by Gasteiger charge is -2.36. The molecule has 1 N–H and O–H groups in total. The number of nitrogens with zero attached hydrogens (tertiary/aromatic N) is 4. The molecule has 1 aromatic heterocycles. The van der Waals surface area contributed by atoms with E-state index in [1.807, 2.05) is 0 Å². The molecule has 5 heteroatoms. The Morgan fingerprint density at radius 3 is 2.50 bits per heavy atom. The van der Waals surface area contributed by atoms with E-state index in [4.69, 9.17) is 0 Å². The molecule has 5 nitrogen and oxygen atoms in total. The summed E-state index contributed by atoms with van der Waals surface area (Å²) in [5.41, 5.74) is 0. The van der Waals surface area contributed by atoms with Gasteiger partial charge in [-0.3, -0.25) is 0 Å². The number of rotatable bonds is 5. The second kappa shape index (κ2) is 6.88. The van der Waals surface area contributed by atoms with Crippen LogP contribution in [-0.2, 0) is 6.42 Å². The summed E-state index contributed by atoms with van der Waals surface area (Å²) in [6.45, 7) is 7.24. The third-order valence-electron chi connectivity index (χ3n) is 3.95. The van der Waals surface area contributed by atoms with Crippen LogP contribution in [0.1, 0.15) is 32.5 Å². The Bertz CT molecular complexity index is 424. The maximum atomic E-state index is 4.69. The van der Waals surface area contributed by atoms with Crippen molar-refractivity contribution in [2.75, 3.05) is 43.9 Å². The molecule has 0 bridgehead atoms. The molecule has 0 aliphatic carbocycles. The lowest BCUT2D eigenvalue weighted by Crippen LogP contribution is -2.42. The summed E-state index contributed by atoms with van der Waals surface area (Å²) in [7, 11) is 4.34. The molecule has 1 saturated heterocycles. The van der Waals surface area contributed by atoms with E-state index in [0.717, 1.165) is 43.5 Å². The van der Waals surface area contributed by atoms with Gasteiger partial charge in [0.1, 0.15) is 17.5 Å². The molecule has 1 aromatic rings. The Labute approximate surface area is 122 Å². The van der Waals surface area contributed by atoms with Gasteiger partial charge in [-0.15, -0.1) is 0 Å². The SMILES string of the molecule is CCNc1cc(N2CCC(N(C)C)CC2)nc(CC)n1. The Balaban J connectivity index is 2.10. The van der Waals surface area contributed by atoms with Gasteiger partial charge >= 0.3 is 0 Å². The smallest absolute Gasteiger partial charge is 0.134 e. The molecule has 0 aromatic carbocycles. The van der Waals surface area contributed by atoms with Gasteiger partial charge in [0.05, 0.1) is 0 Å². The molecule has 1 fully saturated rings. The van der Waals surface area contributed by atoms with Gasteiger partial charge in [-0.05, 0) is 33.9 Å². The van der Waals surface area contributed by atoms with Crippen LogP contribution in [0.3, 0.4) is 0 Å². The van der Waals surface area contributed by atoms with Gasteiger partial charge in [-0.2, -0.15) is 0 Å². The van der Waals surface area contributed by atoms with Crippen LogP contribution in [0, 0.1) is 0 Å². The molecule has 2 heterocycles. The molecule has 1 aliphatic rings. The number of aromatic nitrogens is 2. The first kappa shape index (κ1) is 15.0. The number of nitrogens with one attached hydrogen (secondary N) is 1. The highest BCUT2D eigenvalue weighted by molar-refractivity contribution is 5.49. The van der Waals surface area contributed by atoms with E-state index < -0.39 is 0 Å². The summed E-state index contributed by atoms with van der Waals surface area (Å²) in [6, 6.07) is 2.78. The van der Waals surface area contributed by atoms with Crippen LogP contribution in [0.4, 0.5) is 11.6 Å². The van der Waals surface area contributed by atoms with Crippen LogP contribution < -0.4 is 10.2 Å². The number of aryl methyl sites for hydroxylation is 1. The predicted octanol–water partition coefficient (Wildman–Crippen LogP) is 2.00. The van der Waals surface area contributed by atoms with Crippen molar-refractivity contribution in [2.24, 2.45) is 0 Å². The van der Waals surface area contributed by atoms with E-state index in [0.29, 0.717) is 6.04 Å². The fourth-order valence-corrected chi connectivity index (χ4v) is 2.69. The number of piperidine rings is 1. The standard InChI is InChI=1S/C15H27N5/c1-5-13-17-14(16-6-2)11-15(18-13)20-9-7-12(8-10-20)19(3)4/h11-12H,5-10H2,1-4H3,(H,16,17,18). The summed E-state index contributed by atoms with van der Waals surface area (Å²) in [5, 5.41) is 3.30. The fraction of sp³-hybridized carbons (Fsp3) is 0.733. The van der Waals surface area contributed by atoms with Crippen LogP contribution in [0.15, 0.2) is 6.07 Å². The number of hydrogen-bond acceptors (Lipinski definition) is 5. The minimum absolute atomic E-state index is 0.701. The van der Waals surface area contributed by atoms with Crippen molar-refractivity contribution >= 4 is 11.6 Å². The first-order valence-electron chi connectivity index (χ1n) is 7.67. The topological polar surface area (TPSA) is 44.3 Å². The van der Waals surface area contributed by atoms with Crippen LogP contribution in [0.2, 0.25) is 0 Å². The van der Waals surface area contributed by atoms with Crippen molar-refractivity contribution in [3.8, 4) is 0 Å². The van der Waals surface area contributed by atoms with Crippen molar-refractivity contribution in [3.63, 3.8) is 0 Å². The van der Waals surface area contributed by atoms with E-state index in [2.05, 4.69) is 59.1 Å². The van der Waals surface area contributed by atoms with Gasteiger partial charge in [0.2, 0.25) is 0 Å². The minimum Gasteiger partial charge on any atom is -0.370 e. The largest absolute Gasteiger partial charge is 0.370 e. The zero-order valence-corrected chi connectivity index (χ0v) is 13.2. The molecule has 1 aliphatic heterocycles. The van der Waals surface area contributed by atoms with Crippen molar-refractivity contribution in [1.82, 2.24) is 14.9 Å². The Morgan fingerprint density at radius 1 is 1.25 bits per heavy atom. The quantitative estimate of drug-likeness (QED) is 0.892. The molecule has 2 rings (SSSR count). The molecule has 0 saturated carbocycles. The normalized spacial score (nSPS) is 16.8. The lowest BCUT2D eigenvalue weighted by molar-refractivity contribution is 0.249. The highest BCUT2D eigenvalue weighted by Gasteiger charge is 2.22. The third kappa shape index (κ3) is 3.60. The molecular formula is C15H27N5. The van der Waals surface area contributed by atoms with Gasteiger partial charge in [0, 0.05) is 38.2 Å². The van der Waals surface area contributed by atoms with Gasteiger partial charge in [0.25, 0.3) is 0 Å². The van der Waals surface area contributed by atoms with E-state index in [1.165, 1.54) is 12.8 Å². The van der Waals surface area contributed by atoms with Crippen molar-refractivity contribution < 1.29 is 0 Å². The average molecular weight is 277 g/mol. The van der Waals surface area contributed by atoms with E-state index in [-0.39, 0.29) is 0 Å². The van der Waals surface area contributed by atoms with Crippen LogP contribution in [0.25, 0.3) is 0 Å². The zero-order valence-electron chi connectivity index (χ0n) is 13.2. The maximum Gasteiger partial charge on any atom is 0.134 e. The molecule has 0 radical (unpaired) electrons. The van der Waals surface area contributed by atoms with Crippen LogP contribution in [-0.4, -0.2) is 54.6 Å². The Hall–Kier alpha value is -1.36. The predicted molar refractivity (Wildman–Crippen MR) is 84.5 cm³/mol. The van der Waals surface area contributed by atoms with Crippen molar-refractivity contribution in [3.05, 3.63) is 11.9 Å². The average Bonchev–Trinajstić information content (AvgIpc) is 2.47. The van der Waals surface area contributed by atoms with E-state index in [9.17, 15) is 0 Å². The first-order chi connectivity index (χ1) is 9.63. The van der Waals surface area contributed by atoms with Crippen LogP contribution in [0.5, 0.6) is 0 Å². The molecule has 0 unspecified atom stereocenters. The summed E-state index contributed by atoms with van der Waals surface area (Å²) < 4.78 is 0. The molecule has 112 valence electrons. The van der Waals surface area contributed by atoms with Gasteiger partial charge < -0.3 is 15.1 Å². The summed E-state index contributed by atoms with van der Waals surface area (Å²) in [5.74, 6) is 2.95. The van der Waals surface area contributed by atoms with Gasteiger partial charge in [0.15, 0.2) is 0 Å². The Morgan fingerprint density at radius 2 is 1.95 bits per heavy atom. The third-order valence-corrected chi connectivity index (χ3v) is 3.95. The maximum absolute atomic E-state index is 4.69. The van der Waals surface area contributed by atoms with E-state index >= 15 is 0 Å². The molecule has 0 atom stereocenters. The molecule has 20 heavy (non-hydrogen) atoms. The summed E-state index contributed by atoms with van der Waals surface area (Å²) in [6.07, 6.45) is 3.28. The van der Waals surface area contributed by atoms with E-state index in [1.54, 1.807) is 0 Å². The lowest BCUT2D eigenvalue weighted by atomic mass is 10.0. The molecule has 0 amide bonds. The minimum atomic E-state index is 0.701. The van der Waals surface area contributed by atoms with Crippen molar-refractivity contribution in [2.45, 2.75) is 39.2 Å². The Kier molecular flexibility index (Phi) is 5.17. The van der Waals surface area contributed by atoms with Crippen LogP contribution >= 0.6 is 0 Å². The highest BCUT2D eigenvalue weighted by atomic mass is 15.2. The fourth-order valence-electron chi connectivity index (χ4n) is 2.69. The van der Waals surface area contributed by atoms with Crippen molar-refractivity contribution in [1.29, 1.82) is 0 Å².